The summed E-state index contributed by atoms with van der Waals surface area (Å²) in [6, 6.07) is 4.63. The van der Waals surface area contributed by atoms with Gasteiger partial charge in [0.1, 0.15) is 5.75 Å². The standard InChI is InChI=1S/C10H9F6NO/c11-9(12,13)4-5-17-7-2-1-3-8(6-7)18-10(14,15)16/h1-3,6,17H,4-5H2. The molecular formula is C10H9F6NO. The van der Waals surface area contributed by atoms with Gasteiger partial charge in [-0.1, -0.05) is 6.07 Å². The number of benzene rings is 1. The molecule has 1 N–H and O–H groups in total. The van der Waals surface area contributed by atoms with E-state index in [4.69, 9.17) is 0 Å². The van der Waals surface area contributed by atoms with E-state index < -0.39 is 31.3 Å². The molecule has 0 bridgehead atoms. The third-order valence-corrected chi connectivity index (χ3v) is 1.81. The van der Waals surface area contributed by atoms with Crippen molar-refractivity contribution in [2.75, 3.05) is 11.9 Å². The smallest absolute Gasteiger partial charge is 0.406 e. The highest BCUT2D eigenvalue weighted by atomic mass is 19.4. The van der Waals surface area contributed by atoms with E-state index in [0.29, 0.717) is 0 Å². The number of alkyl halides is 6. The highest BCUT2D eigenvalue weighted by molar-refractivity contribution is 5.48. The topological polar surface area (TPSA) is 21.3 Å². The maximum atomic E-state index is 11.9. The van der Waals surface area contributed by atoms with Crippen LogP contribution < -0.4 is 10.1 Å². The molecule has 18 heavy (non-hydrogen) atoms. The predicted molar refractivity (Wildman–Crippen MR) is 52.3 cm³/mol. The fraction of sp³-hybridized carbons (Fsp3) is 0.400. The summed E-state index contributed by atoms with van der Waals surface area (Å²) >= 11 is 0. The van der Waals surface area contributed by atoms with E-state index >= 15 is 0 Å². The van der Waals surface area contributed by atoms with Crippen molar-refractivity contribution in [2.24, 2.45) is 0 Å². The van der Waals surface area contributed by atoms with Crippen molar-refractivity contribution in [3.8, 4) is 5.75 Å². The molecule has 1 aromatic carbocycles. The quantitative estimate of drug-likeness (QED) is 0.839. The molecule has 0 fully saturated rings. The fourth-order valence-electron chi connectivity index (χ4n) is 1.15. The van der Waals surface area contributed by atoms with Crippen molar-refractivity contribution in [1.82, 2.24) is 0 Å². The first-order valence-electron chi connectivity index (χ1n) is 4.82. The van der Waals surface area contributed by atoms with Crippen LogP contribution in [0.15, 0.2) is 24.3 Å². The van der Waals surface area contributed by atoms with Crippen molar-refractivity contribution in [1.29, 1.82) is 0 Å². The molecule has 0 aliphatic heterocycles. The highest BCUT2D eigenvalue weighted by Crippen LogP contribution is 2.25. The zero-order valence-electron chi connectivity index (χ0n) is 8.90. The molecule has 0 unspecified atom stereocenters. The van der Waals surface area contributed by atoms with Crippen LogP contribution in [0.25, 0.3) is 0 Å². The summed E-state index contributed by atoms with van der Waals surface area (Å²) in [6.45, 7) is -0.418. The number of ether oxygens (including phenoxy) is 1. The lowest BCUT2D eigenvalue weighted by Crippen LogP contribution is -2.17. The summed E-state index contributed by atoms with van der Waals surface area (Å²) in [7, 11) is 0. The first-order valence-corrected chi connectivity index (χ1v) is 4.82. The van der Waals surface area contributed by atoms with Gasteiger partial charge in [-0.2, -0.15) is 13.2 Å². The Kier molecular flexibility index (Phi) is 4.31. The summed E-state index contributed by atoms with van der Waals surface area (Å²) in [5.74, 6) is -0.487. The predicted octanol–water partition coefficient (Wildman–Crippen LogP) is 3.95. The van der Waals surface area contributed by atoms with Crippen molar-refractivity contribution < 1.29 is 31.1 Å². The lowest BCUT2D eigenvalue weighted by Gasteiger charge is -2.12. The Labute approximate surface area is 98.5 Å². The second kappa shape index (κ2) is 5.36. The van der Waals surface area contributed by atoms with Gasteiger partial charge in [0.2, 0.25) is 0 Å². The molecule has 0 amide bonds. The number of halogens is 6. The molecule has 0 heterocycles. The van der Waals surface area contributed by atoms with Crippen molar-refractivity contribution in [3.05, 3.63) is 24.3 Å². The number of nitrogens with one attached hydrogen (secondary N) is 1. The second-order valence-corrected chi connectivity index (χ2v) is 3.37. The first-order chi connectivity index (χ1) is 8.16. The molecule has 0 saturated heterocycles. The molecule has 8 heteroatoms. The van der Waals surface area contributed by atoms with E-state index in [-0.39, 0.29) is 5.69 Å². The second-order valence-electron chi connectivity index (χ2n) is 3.37. The van der Waals surface area contributed by atoms with Crippen LogP contribution in [-0.2, 0) is 0 Å². The first kappa shape index (κ1) is 14.5. The SMILES string of the molecule is FC(F)(F)CCNc1cccc(OC(F)(F)F)c1. The zero-order chi connectivity index (χ0) is 13.8. The van der Waals surface area contributed by atoms with Gasteiger partial charge in [0.15, 0.2) is 0 Å². The summed E-state index contributed by atoms with van der Waals surface area (Å²) < 4.78 is 74.8. The molecule has 1 aromatic rings. The van der Waals surface area contributed by atoms with E-state index in [0.717, 1.165) is 12.1 Å². The molecule has 0 spiro atoms. The minimum atomic E-state index is -4.83. The fourth-order valence-corrected chi connectivity index (χ4v) is 1.15. The lowest BCUT2D eigenvalue weighted by molar-refractivity contribution is -0.274. The molecular weight excluding hydrogens is 264 g/mol. The number of hydrogen-bond donors (Lipinski definition) is 1. The molecule has 0 saturated carbocycles. The molecule has 102 valence electrons. The number of hydrogen-bond acceptors (Lipinski definition) is 2. The maximum Gasteiger partial charge on any atom is 0.573 e. The maximum absolute atomic E-state index is 11.9. The van der Waals surface area contributed by atoms with Gasteiger partial charge < -0.3 is 10.1 Å². The highest BCUT2D eigenvalue weighted by Gasteiger charge is 2.31. The van der Waals surface area contributed by atoms with E-state index in [1.54, 1.807) is 0 Å². The Bertz CT molecular complexity index is 387. The van der Waals surface area contributed by atoms with Crippen LogP contribution in [0.3, 0.4) is 0 Å². The zero-order valence-corrected chi connectivity index (χ0v) is 8.90. The monoisotopic (exact) mass is 273 g/mol. The average Bonchev–Trinajstić information content (AvgIpc) is 2.13. The van der Waals surface area contributed by atoms with Gasteiger partial charge in [0.25, 0.3) is 0 Å². The van der Waals surface area contributed by atoms with E-state index in [1.165, 1.54) is 12.1 Å². The third kappa shape index (κ3) is 6.21. The van der Waals surface area contributed by atoms with Gasteiger partial charge in [0.05, 0.1) is 6.42 Å². The molecule has 0 atom stereocenters. The van der Waals surface area contributed by atoms with Gasteiger partial charge in [-0.05, 0) is 12.1 Å². The molecule has 1 rings (SSSR count). The summed E-state index contributed by atoms with van der Waals surface area (Å²) in [5.41, 5.74) is 0.126. The van der Waals surface area contributed by atoms with Crippen molar-refractivity contribution in [3.63, 3.8) is 0 Å². The van der Waals surface area contributed by atoms with E-state index in [9.17, 15) is 26.3 Å². The van der Waals surface area contributed by atoms with Crippen LogP contribution in [0.2, 0.25) is 0 Å². The van der Waals surface area contributed by atoms with E-state index in [1.807, 2.05) is 0 Å². The Morgan fingerprint density at radius 3 is 2.28 bits per heavy atom. The normalized spacial score (nSPS) is 12.3. The number of rotatable bonds is 4. The van der Waals surface area contributed by atoms with Gasteiger partial charge in [-0.3, -0.25) is 0 Å². The molecule has 0 aromatic heterocycles. The van der Waals surface area contributed by atoms with Crippen LogP contribution in [0.5, 0.6) is 5.75 Å². The van der Waals surface area contributed by atoms with Crippen LogP contribution in [0.4, 0.5) is 32.0 Å². The number of anilines is 1. The van der Waals surface area contributed by atoms with E-state index in [2.05, 4.69) is 10.1 Å². The Morgan fingerprint density at radius 2 is 1.72 bits per heavy atom. The van der Waals surface area contributed by atoms with Crippen LogP contribution in [0, 0.1) is 0 Å². The molecule has 0 radical (unpaired) electrons. The van der Waals surface area contributed by atoms with Crippen molar-refractivity contribution in [2.45, 2.75) is 19.0 Å². The summed E-state index contributed by atoms with van der Waals surface area (Å²) in [4.78, 5) is 0. The van der Waals surface area contributed by atoms with Gasteiger partial charge >= 0.3 is 12.5 Å². The summed E-state index contributed by atoms with van der Waals surface area (Å²) in [6.07, 6.45) is -10.2. The molecule has 0 aliphatic rings. The van der Waals surface area contributed by atoms with Gasteiger partial charge in [-0.15, -0.1) is 13.2 Å². The Hall–Kier alpha value is -1.60. The molecule has 0 aliphatic carbocycles. The van der Waals surface area contributed by atoms with Crippen LogP contribution in [0.1, 0.15) is 6.42 Å². The van der Waals surface area contributed by atoms with Crippen molar-refractivity contribution >= 4 is 5.69 Å². The Balaban J connectivity index is 2.55. The summed E-state index contributed by atoms with van der Waals surface area (Å²) in [5, 5.41) is 2.36. The van der Waals surface area contributed by atoms with Crippen LogP contribution >= 0.6 is 0 Å². The lowest BCUT2D eigenvalue weighted by atomic mass is 10.3. The minimum Gasteiger partial charge on any atom is -0.406 e. The van der Waals surface area contributed by atoms with Crippen LogP contribution in [-0.4, -0.2) is 19.1 Å². The molecule has 2 nitrogen and oxygen atoms in total. The third-order valence-electron chi connectivity index (χ3n) is 1.81. The van der Waals surface area contributed by atoms with Gasteiger partial charge in [0, 0.05) is 18.3 Å². The average molecular weight is 273 g/mol. The Morgan fingerprint density at radius 1 is 1.06 bits per heavy atom. The van der Waals surface area contributed by atoms with Gasteiger partial charge in [-0.25, -0.2) is 0 Å². The minimum absolute atomic E-state index is 0.126. The largest absolute Gasteiger partial charge is 0.573 e.